The highest BCUT2D eigenvalue weighted by molar-refractivity contribution is 7.89. The second kappa shape index (κ2) is 6.67. The minimum absolute atomic E-state index is 0.123. The number of hydrogen-bond acceptors (Lipinski definition) is 4. The Labute approximate surface area is 120 Å². The van der Waals surface area contributed by atoms with E-state index in [1.54, 1.807) is 24.3 Å². The summed E-state index contributed by atoms with van der Waals surface area (Å²) in [6.45, 7) is 4.64. The highest BCUT2D eigenvalue weighted by Gasteiger charge is 2.29. The molecule has 1 atom stereocenters. The Bertz CT molecular complexity index is 521. The predicted octanol–water partition coefficient (Wildman–Crippen LogP) is 1.22. The molecule has 20 heavy (non-hydrogen) atoms. The average molecular weight is 301 g/mol. The third kappa shape index (κ3) is 4.02. The van der Waals surface area contributed by atoms with Crippen molar-refractivity contribution in [2.24, 2.45) is 0 Å². The van der Waals surface area contributed by atoms with E-state index in [9.17, 15) is 8.42 Å². The molecule has 0 fully saturated rings. The number of sulfonamides is 1. The van der Waals surface area contributed by atoms with Gasteiger partial charge in [-0.1, -0.05) is 26.0 Å². The smallest absolute Gasteiger partial charge is 0.241 e. The molecular weight excluding hydrogens is 278 g/mol. The second-order valence-electron chi connectivity index (χ2n) is 5.36. The first-order valence-electron chi connectivity index (χ1n) is 6.63. The van der Waals surface area contributed by atoms with Crippen molar-refractivity contribution >= 4 is 10.0 Å². The van der Waals surface area contributed by atoms with E-state index >= 15 is 0 Å². The molecular formula is C14H23NO4S. The Kier molecular flexibility index (Phi) is 5.70. The summed E-state index contributed by atoms with van der Waals surface area (Å²) in [6.07, 6.45) is 0.984. The highest BCUT2D eigenvalue weighted by atomic mass is 32.2. The topological polar surface area (TPSA) is 86.6 Å². The van der Waals surface area contributed by atoms with Crippen LogP contribution in [0.5, 0.6) is 0 Å². The van der Waals surface area contributed by atoms with Crippen LogP contribution in [0.25, 0.3) is 0 Å². The number of rotatable bonds is 7. The van der Waals surface area contributed by atoms with Gasteiger partial charge in [-0.05, 0) is 37.0 Å². The number of benzene rings is 1. The van der Waals surface area contributed by atoms with Crippen LogP contribution >= 0.6 is 0 Å². The number of hydrogen-bond donors (Lipinski definition) is 3. The van der Waals surface area contributed by atoms with Gasteiger partial charge in [0.15, 0.2) is 0 Å². The third-order valence-electron chi connectivity index (χ3n) is 3.45. The van der Waals surface area contributed by atoms with E-state index in [0.717, 1.165) is 12.0 Å². The molecule has 0 aromatic heterocycles. The standard InChI is InChI=1S/C14H23NO4S/c1-4-11(2)12-5-7-13(8-6-12)20(18,19)15-14(3,9-16)10-17/h5-8,11,15-17H,4,9-10H2,1-3H3. The largest absolute Gasteiger partial charge is 0.394 e. The monoisotopic (exact) mass is 301 g/mol. The number of nitrogens with one attached hydrogen (secondary N) is 1. The van der Waals surface area contributed by atoms with Gasteiger partial charge in [0.1, 0.15) is 0 Å². The molecule has 6 heteroatoms. The summed E-state index contributed by atoms with van der Waals surface area (Å²) >= 11 is 0. The maximum atomic E-state index is 12.2. The van der Waals surface area contributed by atoms with Gasteiger partial charge in [-0.15, -0.1) is 0 Å². The number of aliphatic hydroxyl groups is 2. The van der Waals surface area contributed by atoms with Gasteiger partial charge in [0.25, 0.3) is 0 Å². The van der Waals surface area contributed by atoms with Crippen LogP contribution in [0.2, 0.25) is 0 Å². The van der Waals surface area contributed by atoms with Crippen LogP contribution in [0.1, 0.15) is 38.7 Å². The van der Waals surface area contributed by atoms with Crippen molar-refractivity contribution in [3.8, 4) is 0 Å². The summed E-state index contributed by atoms with van der Waals surface area (Å²) in [5, 5.41) is 18.3. The van der Waals surface area contributed by atoms with Crippen LogP contribution in [0.15, 0.2) is 29.2 Å². The number of aliphatic hydroxyl groups excluding tert-OH is 2. The van der Waals surface area contributed by atoms with Crippen LogP contribution in [-0.2, 0) is 10.0 Å². The van der Waals surface area contributed by atoms with Gasteiger partial charge in [0.2, 0.25) is 10.0 Å². The molecule has 1 aromatic rings. The molecule has 0 spiro atoms. The minimum Gasteiger partial charge on any atom is -0.394 e. The van der Waals surface area contributed by atoms with Gasteiger partial charge in [0.05, 0.1) is 23.6 Å². The Hall–Kier alpha value is -0.950. The second-order valence-corrected chi connectivity index (χ2v) is 7.04. The first-order valence-corrected chi connectivity index (χ1v) is 8.12. The highest BCUT2D eigenvalue weighted by Crippen LogP contribution is 2.21. The Morgan fingerprint density at radius 2 is 1.70 bits per heavy atom. The van der Waals surface area contributed by atoms with E-state index in [2.05, 4.69) is 18.6 Å². The van der Waals surface area contributed by atoms with Crippen molar-refractivity contribution in [2.45, 2.75) is 43.5 Å². The van der Waals surface area contributed by atoms with Crippen LogP contribution in [0, 0.1) is 0 Å². The molecule has 1 aromatic carbocycles. The van der Waals surface area contributed by atoms with Crippen molar-refractivity contribution in [3.63, 3.8) is 0 Å². The van der Waals surface area contributed by atoms with Crippen LogP contribution in [0.3, 0.4) is 0 Å². The average Bonchev–Trinajstić information content (AvgIpc) is 2.46. The van der Waals surface area contributed by atoms with Gasteiger partial charge < -0.3 is 10.2 Å². The molecule has 3 N–H and O–H groups in total. The van der Waals surface area contributed by atoms with Crippen molar-refractivity contribution in [3.05, 3.63) is 29.8 Å². The fourth-order valence-corrected chi connectivity index (χ4v) is 3.10. The lowest BCUT2D eigenvalue weighted by molar-refractivity contribution is 0.122. The lowest BCUT2D eigenvalue weighted by atomic mass is 9.99. The molecule has 1 unspecified atom stereocenters. The van der Waals surface area contributed by atoms with E-state index in [-0.39, 0.29) is 4.90 Å². The first-order chi connectivity index (χ1) is 9.28. The molecule has 0 radical (unpaired) electrons. The Morgan fingerprint density at radius 3 is 2.10 bits per heavy atom. The maximum absolute atomic E-state index is 12.2. The SMILES string of the molecule is CCC(C)c1ccc(S(=O)(=O)NC(C)(CO)CO)cc1. The van der Waals surface area contributed by atoms with Crippen LogP contribution < -0.4 is 4.72 Å². The zero-order valence-corrected chi connectivity index (χ0v) is 12.9. The molecule has 0 aliphatic carbocycles. The van der Waals surface area contributed by atoms with Gasteiger partial charge >= 0.3 is 0 Å². The molecule has 0 aliphatic rings. The molecule has 5 nitrogen and oxygen atoms in total. The molecule has 0 aliphatic heterocycles. The molecule has 0 saturated heterocycles. The Morgan fingerprint density at radius 1 is 1.20 bits per heavy atom. The van der Waals surface area contributed by atoms with Crippen molar-refractivity contribution in [1.82, 2.24) is 4.72 Å². The molecule has 0 amide bonds. The summed E-state index contributed by atoms with van der Waals surface area (Å²) in [5.41, 5.74) is -0.188. The summed E-state index contributed by atoms with van der Waals surface area (Å²) < 4.78 is 26.7. The van der Waals surface area contributed by atoms with Gasteiger partial charge in [-0.3, -0.25) is 0 Å². The summed E-state index contributed by atoms with van der Waals surface area (Å²) in [6, 6.07) is 6.66. The van der Waals surface area contributed by atoms with Gasteiger partial charge in [-0.25, -0.2) is 13.1 Å². The zero-order chi connectivity index (χ0) is 15.4. The molecule has 114 valence electrons. The van der Waals surface area contributed by atoms with Gasteiger partial charge in [0, 0.05) is 0 Å². The van der Waals surface area contributed by atoms with E-state index in [1.807, 2.05) is 0 Å². The predicted molar refractivity (Wildman–Crippen MR) is 78.0 cm³/mol. The normalized spacial score (nSPS) is 14.2. The van der Waals surface area contributed by atoms with E-state index < -0.39 is 28.8 Å². The van der Waals surface area contributed by atoms with Crippen molar-refractivity contribution in [1.29, 1.82) is 0 Å². The van der Waals surface area contributed by atoms with Crippen molar-refractivity contribution in [2.75, 3.05) is 13.2 Å². The first kappa shape index (κ1) is 17.1. The summed E-state index contributed by atoms with van der Waals surface area (Å²) in [5.74, 6) is 0.375. The van der Waals surface area contributed by atoms with Gasteiger partial charge in [-0.2, -0.15) is 0 Å². The quantitative estimate of drug-likeness (QED) is 0.707. The molecule has 0 saturated carbocycles. The summed E-state index contributed by atoms with van der Waals surface area (Å²) in [4.78, 5) is 0.123. The molecule has 0 bridgehead atoms. The lowest BCUT2D eigenvalue weighted by Crippen LogP contribution is -2.51. The van der Waals surface area contributed by atoms with Crippen LogP contribution in [-0.4, -0.2) is 37.4 Å². The van der Waals surface area contributed by atoms with E-state index in [4.69, 9.17) is 10.2 Å². The summed E-state index contributed by atoms with van der Waals surface area (Å²) in [7, 11) is -3.76. The maximum Gasteiger partial charge on any atom is 0.241 e. The van der Waals surface area contributed by atoms with Crippen LogP contribution in [0.4, 0.5) is 0 Å². The molecule has 0 heterocycles. The van der Waals surface area contributed by atoms with Crippen molar-refractivity contribution < 1.29 is 18.6 Å². The van der Waals surface area contributed by atoms with E-state index in [0.29, 0.717) is 5.92 Å². The minimum atomic E-state index is -3.76. The molecule has 1 rings (SSSR count). The lowest BCUT2D eigenvalue weighted by Gasteiger charge is -2.25. The third-order valence-corrected chi connectivity index (χ3v) is 5.10. The fraction of sp³-hybridized carbons (Fsp3) is 0.571. The van der Waals surface area contributed by atoms with E-state index in [1.165, 1.54) is 6.92 Å². The zero-order valence-electron chi connectivity index (χ0n) is 12.1. The fourth-order valence-electron chi connectivity index (χ4n) is 1.71. The Balaban J connectivity index is 2.99.